The van der Waals surface area contributed by atoms with Crippen molar-refractivity contribution in [3.8, 4) is 0 Å². The van der Waals surface area contributed by atoms with E-state index in [4.69, 9.17) is 0 Å². The predicted octanol–water partition coefficient (Wildman–Crippen LogP) is 1.75. The van der Waals surface area contributed by atoms with Crippen molar-refractivity contribution < 1.29 is 8.42 Å². The number of sulfonamides is 1. The normalized spacial score (nSPS) is 18.8. The van der Waals surface area contributed by atoms with Gasteiger partial charge in [0, 0.05) is 38.8 Å². The second-order valence-electron chi connectivity index (χ2n) is 6.64. The lowest BCUT2D eigenvalue weighted by Crippen LogP contribution is -2.49. The molecule has 1 atom stereocenters. The average molecular weight is 347 g/mol. The van der Waals surface area contributed by atoms with Crippen LogP contribution in [0.25, 0.3) is 10.8 Å². The smallest absolute Gasteiger partial charge is 0.240 e. The van der Waals surface area contributed by atoms with E-state index < -0.39 is 10.0 Å². The first-order valence-electron chi connectivity index (χ1n) is 8.36. The Balaban J connectivity index is 1.67. The molecule has 1 aliphatic rings. The molecule has 1 heterocycles. The van der Waals surface area contributed by atoms with Gasteiger partial charge in [-0.1, -0.05) is 30.3 Å². The number of hydrogen-bond donors (Lipinski definition) is 1. The molecule has 1 saturated heterocycles. The van der Waals surface area contributed by atoms with Crippen molar-refractivity contribution in [3.63, 3.8) is 0 Å². The van der Waals surface area contributed by atoms with Crippen LogP contribution < -0.4 is 4.72 Å². The zero-order valence-electron chi connectivity index (χ0n) is 14.3. The summed E-state index contributed by atoms with van der Waals surface area (Å²) in [5, 5.41) is 1.98. The van der Waals surface area contributed by atoms with Crippen LogP contribution in [0.3, 0.4) is 0 Å². The molecule has 0 radical (unpaired) electrons. The molecule has 0 saturated carbocycles. The Labute approximate surface area is 144 Å². The molecule has 0 spiro atoms. The Morgan fingerprint density at radius 1 is 1.04 bits per heavy atom. The topological polar surface area (TPSA) is 52.6 Å². The van der Waals surface area contributed by atoms with Gasteiger partial charge in [-0.3, -0.25) is 4.90 Å². The fourth-order valence-electron chi connectivity index (χ4n) is 3.12. The molecule has 5 nitrogen and oxygen atoms in total. The van der Waals surface area contributed by atoms with E-state index in [-0.39, 0.29) is 6.04 Å². The third-order valence-electron chi connectivity index (χ3n) is 4.52. The van der Waals surface area contributed by atoms with Crippen molar-refractivity contribution in [2.75, 3.05) is 39.8 Å². The van der Waals surface area contributed by atoms with Gasteiger partial charge in [0.2, 0.25) is 10.0 Å². The molecule has 6 heteroatoms. The third-order valence-corrected chi connectivity index (χ3v) is 6.10. The minimum Gasteiger partial charge on any atom is -0.304 e. The SMILES string of the molecule is C[C@H](CN1CCN(C)CC1)NS(=O)(=O)c1ccc2ccccc2c1. The Hall–Kier alpha value is -1.47. The van der Waals surface area contributed by atoms with Gasteiger partial charge in [-0.25, -0.2) is 13.1 Å². The second-order valence-corrected chi connectivity index (χ2v) is 8.35. The number of benzene rings is 2. The zero-order valence-corrected chi connectivity index (χ0v) is 15.1. The van der Waals surface area contributed by atoms with Crippen molar-refractivity contribution in [1.82, 2.24) is 14.5 Å². The molecule has 0 bridgehead atoms. The van der Waals surface area contributed by atoms with Gasteiger partial charge in [0.15, 0.2) is 0 Å². The van der Waals surface area contributed by atoms with E-state index in [0.29, 0.717) is 4.90 Å². The number of likely N-dealkylation sites (N-methyl/N-ethyl adjacent to an activating group) is 1. The van der Waals surface area contributed by atoms with Crippen molar-refractivity contribution in [2.45, 2.75) is 17.9 Å². The Morgan fingerprint density at radius 3 is 2.42 bits per heavy atom. The molecule has 0 aromatic heterocycles. The van der Waals surface area contributed by atoms with E-state index >= 15 is 0 Å². The highest BCUT2D eigenvalue weighted by molar-refractivity contribution is 7.89. The minimum absolute atomic E-state index is 0.120. The number of nitrogens with one attached hydrogen (secondary N) is 1. The fourth-order valence-corrected chi connectivity index (χ4v) is 4.39. The van der Waals surface area contributed by atoms with E-state index in [2.05, 4.69) is 21.6 Å². The summed E-state index contributed by atoms with van der Waals surface area (Å²) in [6, 6.07) is 12.9. The van der Waals surface area contributed by atoms with Gasteiger partial charge in [-0.2, -0.15) is 0 Å². The van der Waals surface area contributed by atoms with E-state index in [1.807, 2.05) is 37.3 Å². The first-order chi connectivity index (χ1) is 11.4. The molecular formula is C18H25N3O2S. The number of piperazine rings is 1. The van der Waals surface area contributed by atoms with Gasteiger partial charge in [0.25, 0.3) is 0 Å². The van der Waals surface area contributed by atoms with Crippen LogP contribution >= 0.6 is 0 Å². The van der Waals surface area contributed by atoms with Crippen molar-refractivity contribution in [3.05, 3.63) is 42.5 Å². The molecular weight excluding hydrogens is 322 g/mol. The Bertz CT molecular complexity index is 799. The first kappa shape index (κ1) is 17.4. The lowest BCUT2D eigenvalue weighted by molar-refractivity contribution is 0.147. The third kappa shape index (κ3) is 4.13. The number of hydrogen-bond acceptors (Lipinski definition) is 4. The molecule has 2 aromatic carbocycles. The maximum absolute atomic E-state index is 12.6. The molecule has 24 heavy (non-hydrogen) atoms. The van der Waals surface area contributed by atoms with E-state index in [9.17, 15) is 8.42 Å². The molecule has 0 amide bonds. The van der Waals surface area contributed by atoms with Gasteiger partial charge in [0.1, 0.15) is 0 Å². The molecule has 1 aliphatic heterocycles. The van der Waals surface area contributed by atoms with Crippen LogP contribution in [-0.4, -0.2) is 64.0 Å². The zero-order chi connectivity index (χ0) is 17.2. The first-order valence-corrected chi connectivity index (χ1v) is 9.84. The highest BCUT2D eigenvalue weighted by Crippen LogP contribution is 2.19. The summed E-state index contributed by atoms with van der Waals surface area (Å²) in [5.74, 6) is 0. The second kappa shape index (κ2) is 7.19. The van der Waals surface area contributed by atoms with E-state index in [1.165, 1.54) is 0 Å². The number of rotatable bonds is 5. The number of fused-ring (bicyclic) bond motifs is 1. The summed E-state index contributed by atoms with van der Waals surface area (Å²) in [7, 11) is -1.39. The molecule has 2 aromatic rings. The number of nitrogens with zero attached hydrogens (tertiary/aromatic N) is 2. The van der Waals surface area contributed by atoms with E-state index in [1.54, 1.807) is 12.1 Å². The summed E-state index contributed by atoms with van der Waals surface area (Å²) in [5.41, 5.74) is 0. The summed E-state index contributed by atoms with van der Waals surface area (Å²) in [4.78, 5) is 4.93. The van der Waals surface area contributed by atoms with Gasteiger partial charge in [0.05, 0.1) is 4.90 Å². The van der Waals surface area contributed by atoms with Crippen LogP contribution in [0.4, 0.5) is 0 Å². The fraction of sp³-hybridized carbons (Fsp3) is 0.444. The summed E-state index contributed by atoms with van der Waals surface area (Å²) >= 11 is 0. The monoisotopic (exact) mass is 347 g/mol. The maximum Gasteiger partial charge on any atom is 0.240 e. The van der Waals surface area contributed by atoms with Crippen LogP contribution in [0, 0.1) is 0 Å². The lowest BCUT2D eigenvalue weighted by Gasteiger charge is -2.33. The molecule has 0 aliphatic carbocycles. The van der Waals surface area contributed by atoms with Crippen LogP contribution in [-0.2, 0) is 10.0 Å². The predicted molar refractivity (Wildman–Crippen MR) is 97.7 cm³/mol. The molecule has 130 valence electrons. The Kier molecular flexibility index (Phi) is 5.20. The highest BCUT2D eigenvalue weighted by Gasteiger charge is 2.21. The maximum atomic E-state index is 12.6. The average Bonchev–Trinajstić information content (AvgIpc) is 2.56. The lowest BCUT2D eigenvalue weighted by atomic mass is 10.1. The summed E-state index contributed by atoms with van der Waals surface area (Å²) in [6.45, 7) is 6.70. The van der Waals surface area contributed by atoms with Crippen LogP contribution in [0.2, 0.25) is 0 Å². The van der Waals surface area contributed by atoms with Gasteiger partial charge in [-0.05, 0) is 36.9 Å². The molecule has 1 fully saturated rings. The van der Waals surface area contributed by atoms with Gasteiger partial charge < -0.3 is 4.90 Å². The van der Waals surface area contributed by atoms with Crippen LogP contribution in [0.5, 0.6) is 0 Å². The quantitative estimate of drug-likeness (QED) is 0.895. The van der Waals surface area contributed by atoms with E-state index in [0.717, 1.165) is 43.5 Å². The minimum atomic E-state index is -3.50. The largest absolute Gasteiger partial charge is 0.304 e. The standard InChI is InChI=1S/C18H25N3O2S/c1-15(14-21-11-9-20(2)10-12-21)19-24(22,23)18-8-7-16-5-3-4-6-17(16)13-18/h3-8,13,15,19H,9-12,14H2,1-2H3/t15-/m1/s1. The molecule has 1 N–H and O–H groups in total. The van der Waals surface area contributed by atoms with Gasteiger partial charge >= 0.3 is 0 Å². The van der Waals surface area contributed by atoms with Crippen LogP contribution in [0.15, 0.2) is 47.4 Å². The summed E-state index contributed by atoms with van der Waals surface area (Å²) < 4.78 is 28.1. The summed E-state index contributed by atoms with van der Waals surface area (Å²) in [6.07, 6.45) is 0. The van der Waals surface area contributed by atoms with Crippen LogP contribution in [0.1, 0.15) is 6.92 Å². The van der Waals surface area contributed by atoms with Crippen molar-refractivity contribution in [1.29, 1.82) is 0 Å². The van der Waals surface area contributed by atoms with Crippen molar-refractivity contribution in [2.24, 2.45) is 0 Å². The van der Waals surface area contributed by atoms with Crippen molar-refractivity contribution >= 4 is 20.8 Å². The van der Waals surface area contributed by atoms with Gasteiger partial charge in [-0.15, -0.1) is 0 Å². The Morgan fingerprint density at radius 2 is 1.71 bits per heavy atom. The molecule has 0 unspecified atom stereocenters. The molecule has 3 rings (SSSR count). The highest BCUT2D eigenvalue weighted by atomic mass is 32.2.